The molecule has 1 aromatic carbocycles. The van der Waals surface area contributed by atoms with Crippen LogP contribution in [-0.2, 0) is 21.2 Å². The summed E-state index contributed by atoms with van der Waals surface area (Å²) in [6, 6.07) is 9.97. The number of rotatable bonds is 6. The van der Waals surface area contributed by atoms with Crippen LogP contribution in [-0.4, -0.2) is 37.5 Å². The Morgan fingerprint density at radius 1 is 1.30 bits per heavy atom. The number of hydrogen-bond donors (Lipinski definition) is 1. The Bertz CT molecular complexity index is 944. The maximum Gasteiger partial charge on any atom is 0.251 e. The molecule has 1 unspecified atom stereocenters. The van der Waals surface area contributed by atoms with Crippen LogP contribution in [0, 0.1) is 5.92 Å². The van der Waals surface area contributed by atoms with Gasteiger partial charge in [-0.15, -0.1) is 0 Å². The maximum absolute atomic E-state index is 12.4. The summed E-state index contributed by atoms with van der Waals surface area (Å²) in [5.41, 5.74) is 1.62. The number of anilines is 1. The summed E-state index contributed by atoms with van der Waals surface area (Å²) in [6.45, 7) is 2.06. The fourth-order valence-corrected chi connectivity index (χ4v) is 4.82. The molecule has 1 saturated heterocycles. The number of benzene rings is 1. The highest BCUT2D eigenvalue weighted by Crippen LogP contribution is 2.28. The molecule has 3 rings (SSSR count). The average Bonchev–Trinajstić information content (AvgIpc) is 2.86. The van der Waals surface area contributed by atoms with Crippen LogP contribution in [0.4, 0.5) is 5.69 Å². The normalized spacial score (nSPS) is 18.5. The summed E-state index contributed by atoms with van der Waals surface area (Å²) in [7, 11) is -3.69. The van der Waals surface area contributed by atoms with Gasteiger partial charge in [-0.05, 0) is 42.7 Å². The number of sulfonamides is 1. The minimum absolute atomic E-state index is 0.201. The molecule has 0 spiro atoms. The largest absolute Gasteiger partial charge is 0.352 e. The van der Waals surface area contributed by atoms with Crippen molar-refractivity contribution in [1.82, 2.24) is 10.3 Å². The Hall–Kier alpha value is -2.74. The molecule has 1 N–H and O–H groups in total. The molecule has 2 aromatic rings. The predicted octanol–water partition coefficient (Wildman–Crippen LogP) is 1.76. The summed E-state index contributed by atoms with van der Waals surface area (Å²) in [5.74, 6) is -1.57. The van der Waals surface area contributed by atoms with E-state index in [2.05, 4.69) is 10.3 Å². The molecule has 0 aliphatic carbocycles. The van der Waals surface area contributed by atoms with Crippen molar-refractivity contribution in [2.75, 3.05) is 16.6 Å². The summed E-state index contributed by atoms with van der Waals surface area (Å²) in [4.78, 5) is 28.6. The van der Waals surface area contributed by atoms with E-state index in [0.717, 1.165) is 22.7 Å². The Kier molecular flexibility index (Phi) is 5.55. The lowest BCUT2D eigenvalue weighted by Gasteiger charge is -2.16. The molecular formula is C19H21N3O4S. The molecule has 0 radical (unpaired) electrons. The third kappa shape index (κ3) is 4.33. The van der Waals surface area contributed by atoms with Gasteiger partial charge in [0.1, 0.15) is 0 Å². The van der Waals surface area contributed by atoms with Gasteiger partial charge in [-0.1, -0.05) is 19.1 Å². The van der Waals surface area contributed by atoms with Gasteiger partial charge in [-0.2, -0.15) is 0 Å². The highest BCUT2D eigenvalue weighted by Gasteiger charge is 2.42. The molecule has 1 fully saturated rings. The quantitative estimate of drug-likeness (QED) is 0.762. The third-order valence-electron chi connectivity index (χ3n) is 4.35. The van der Waals surface area contributed by atoms with Crippen molar-refractivity contribution in [2.45, 2.75) is 19.8 Å². The monoisotopic (exact) mass is 387 g/mol. The van der Waals surface area contributed by atoms with Crippen LogP contribution in [0.1, 0.15) is 29.3 Å². The zero-order valence-corrected chi connectivity index (χ0v) is 15.8. The van der Waals surface area contributed by atoms with E-state index in [1.807, 2.05) is 12.1 Å². The topological polar surface area (TPSA) is 96.4 Å². The fraction of sp³-hybridized carbons (Fsp3) is 0.316. The molecule has 2 heterocycles. The first-order chi connectivity index (χ1) is 12.9. The van der Waals surface area contributed by atoms with Crippen LogP contribution in [0.25, 0.3) is 0 Å². The lowest BCUT2D eigenvalue weighted by Crippen LogP contribution is -2.31. The van der Waals surface area contributed by atoms with Gasteiger partial charge in [0.05, 0.1) is 17.4 Å². The molecule has 1 aliphatic heterocycles. The van der Waals surface area contributed by atoms with Crippen LogP contribution >= 0.6 is 0 Å². The highest BCUT2D eigenvalue weighted by molar-refractivity contribution is 7.94. The van der Waals surface area contributed by atoms with Crippen molar-refractivity contribution < 1.29 is 18.0 Å². The van der Waals surface area contributed by atoms with Gasteiger partial charge in [0, 0.05) is 24.5 Å². The van der Waals surface area contributed by atoms with Crippen molar-refractivity contribution in [3.05, 3.63) is 59.9 Å². The molecule has 0 saturated carbocycles. The molecule has 142 valence electrons. The molecule has 2 amide bonds. The lowest BCUT2D eigenvalue weighted by atomic mass is 10.1. The molecular weight excluding hydrogens is 366 g/mol. The Labute approximate surface area is 158 Å². The van der Waals surface area contributed by atoms with Crippen LogP contribution < -0.4 is 9.62 Å². The minimum Gasteiger partial charge on any atom is -0.352 e. The Morgan fingerprint density at radius 2 is 2.11 bits per heavy atom. The van der Waals surface area contributed by atoms with E-state index in [0.29, 0.717) is 12.1 Å². The summed E-state index contributed by atoms with van der Waals surface area (Å²) >= 11 is 0. The minimum atomic E-state index is -3.69. The molecule has 1 aromatic heterocycles. The number of carbonyl (C=O) groups is 2. The Morgan fingerprint density at radius 3 is 2.78 bits per heavy atom. The van der Waals surface area contributed by atoms with Gasteiger partial charge < -0.3 is 5.32 Å². The first-order valence-corrected chi connectivity index (χ1v) is 10.3. The second-order valence-electron chi connectivity index (χ2n) is 6.55. The average molecular weight is 387 g/mol. The first kappa shape index (κ1) is 19.0. The molecule has 0 bridgehead atoms. The van der Waals surface area contributed by atoms with Gasteiger partial charge in [0.2, 0.25) is 15.9 Å². The van der Waals surface area contributed by atoms with E-state index in [1.165, 1.54) is 12.1 Å². The zero-order valence-electron chi connectivity index (χ0n) is 15.0. The number of amides is 2. The van der Waals surface area contributed by atoms with Crippen LogP contribution in [0.3, 0.4) is 0 Å². The molecule has 1 aliphatic rings. The number of nitrogens with zero attached hydrogens (tertiary/aromatic N) is 2. The van der Waals surface area contributed by atoms with Crippen molar-refractivity contribution in [1.29, 1.82) is 0 Å². The van der Waals surface area contributed by atoms with Crippen LogP contribution in [0.5, 0.6) is 0 Å². The number of carbonyl (C=O) groups excluding carboxylic acids is 2. The Balaban J connectivity index is 1.63. The van der Waals surface area contributed by atoms with E-state index < -0.39 is 21.8 Å². The maximum atomic E-state index is 12.4. The molecule has 1 atom stereocenters. The second-order valence-corrected chi connectivity index (χ2v) is 8.42. The van der Waals surface area contributed by atoms with Crippen molar-refractivity contribution in [3.8, 4) is 0 Å². The number of aryl methyl sites for hydroxylation is 1. The highest BCUT2D eigenvalue weighted by atomic mass is 32.2. The van der Waals surface area contributed by atoms with E-state index in [-0.39, 0.29) is 17.3 Å². The number of aromatic nitrogens is 1. The van der Waals surface area contributed by atoms with Crippen molar-refractivity contribution >= 4 is 27.5 Å². The SMILES string of the molecule is CC1CS(=O)(=O)N(c2cccc(C(=O)NCCCc3cccnc3)c2)C1=O. The van der Waals surface area contributed by atoms with Crippen LogP contribution in [0.15, 0.2) is 48.8 Å². The van der Waals surface area contributed by atoms with E-state index in [1.54, 1.807) is 31.5 Å². The van der Waals surface area contributed by atoms with Crippen LogP contribution in [0.2, 0.25) is 0 Å². The number of pyridine rings is 1. The number of hydrogen-bond acceptors (Lipinski definition) is 5. The second kappa shape index (κ2) is 7.87. The van der Waals surface area contributed by atoms with E-state index in [9.17, 15) is 18.0 Å². The molecule has 7 nitrogen and oxygen atoms in total. The summed E-state index contributed by atoms with van der Waals surface area (Å²) in [5, 5.41) is 2.82. The van der Waals surface area contributed by atoms with E-state index >= 15 is 0 Å². The number of nitrogens with one attached hydrogen (secondary N) is 1. The van der Waals surface area contributed by atoms with E-state index in [4.69, 9.17) is 0 Å². The smallest absolute Gasteiger partial charge is 0.251 e. The first-order valence-electron chi connectivity index (χ1n) is 8.72. The summed E-state index contributed by atoms with van der Waals surface area (Å²) in [6.07, 6.45) is 5.06. The predicted molar refractivity (Wildman–Crippen MR) is 102 cm³/mol. The van der Waals surface area contributed by atoms with Gasteiger partial charge in [-0.25, -0.2) is 12.7 Å². The van der Waals surface area contributed by atoms with Gasteiger partial charge in [0.15, 0.2) is 0 Å². The standard InChI is InChI=1S/C19H21N3O4S/c1-14-13-27(25,26)22(19(14)24)17-8-2-7-16(11-17)18(23)21-10-4-6-15-5-3-9-20-12-15/h2-3,5,7-9,11-12,14H,4,6,10,13H2,1H3,(H,21,23). The lowest BCUT2D eigenvalue weighted by molar-refractivity contribution is -0.119. The summed E-state index contributed by atoms with van der Waals surface area (Å²) < 4.78 is 25.2. The molecule has 27 heavy (non-hydrogen) atoms. The molecule has 8 heteroatoms. The van der Waals surface area contributed by atoms with Gasteiger partial charge in [-0.3, -0.25) is 14.6 Å². The zero-order chi connectivity index (χ0) is 19.4. The fourth-order valence-electron chi connectivity index (χ4n) is 3.00. The van der Waals surface area contributed by atoms with Crippen molar-refractivity contribution in [2.24, 2.45) is 5.92 Å². The third-order valence-corrected chi connectivity index (χ3v) is 6.22. The van der Waals surface area contributed by atoms with Gasteiger partial charge in [0.25, 0.3) is 5.91 Å². The van der Waals surface area contributed by atoms with Gasteiger partial charge >= 0.3 is 0 Å². The van der Waals surface area contributed by atoms with Crippen molar-refractivity contribution in [3.63, 3.8) is 0 Å².